The van der Waals surface area contributed by atoms with E-state index in [0.29, 0.717) is 29.5 Å². The molecule has 5 nitrogen and oxygen atoms in total. The summed E-state index contributed by atoms with van der Waals surface area (Å²) >= 11 is 0. The average molecular weight is 329 g/mol. The van der Waals surface area contributed by atoms with E-state index in [1.807, 2.05) is 37.3 Å². The summed E-state index contributed by atoms with van der Waals surface area (Å²) in [4.78, 5) is 12.3. The molecule has 2 aromatic rings. The van der Waals surface area contributed by atoms with Crippen molar-refractivity contribution < 1.29 is 19.0 Å². The summed E-state index contributed by atoms with van der Waals surface area (Å²) in [7, 11) is 3.15. The van der Waals surface area contributed by atoms with Gasteiger partial charge in [-0.1, -0.05) is 25.1 Å². The van der Waals surface area contributed by atoms with Crippen LogP contribution in [0.3, 0.4) is 0 Å². The molecule has 128 valence electrons. The maximum atomic E-state index is 12.3. The second-order valence-electron chi connectivity index (χ2n) is 5.26. The smallest absolute Gasteiger partial charge is 0.228 e. The molecule has 0 aliphatic carbocycles. The highest BCUT2D eigenvalue weighted by Crippen LogP contribution is 2.28. The van der Waals surface area contributed by atoms with Crippen LogP contribution in [0.25, 0.3) is 0 Å². The zero-order valence-corrected chi connectivity index (χ0v) is 14.3. The molecular formula is C19H23NO4. The SMILES string of the molecule is CCCOc1ccccc1NC(=O)Cc1ccc(OC)c(OC)c1. The topological polar surface area (TPSA) is 56.8 Å². The Morgan fingerprint density at radius 1 is 1.00 bits per heavy atom. The number of methoxy groups -OCH3 is 2. The van der Waals surface area contributed by atoms with Gasteiger partial charge in [-0.2, -0.15) is 0 Å². The maximum absolute atomic E-state index is 12.3. The molecule has 0 saturated heterocycles. The van der Waals surface area contributed by atoms with Crippen LogP contribution in [0.5, 0.6) is 17.2 Å². The summed E-state index contributed by atoms with van der Waals surface area (Å²) in [5.74, 6) is 1.81. The Morgan fingerprint density at radius 2 is 1.75 bits per heavy atom. The number of carbonyl (C=O) groups is 1. The lowest BCUT2D eigenvalue weighted by Crippen LogP contribution is -2.15. The van der Waals surface area contributed by atoms with Crippen molar-refractivity contribution in [1.29, 1.82) is 0 Å². The third kappa shape index (κ3) is 4.65. The Labute approximate surface area is 142 Å². The Balaban J connectivity index is 2.06. The first-order valence-electron chi connectivity index (χ1n) is 7.90. The van der Waals surface area contributed by atoms with Crippen LogP contribution in [0.1, 0.15) is 18.9 Å². The lowest BCUT2D eigenvalue weighted by atomic mass is 10.1. The van der Waals surface area contributed by atoms with Crippen LogP contribution in [0.15, 0.2) is 42.5 Å². The van der Waals surface area contributed by atoms with Crippen LogP contribution < -0.4 is 19.5 Å². The van der Waals surface area contributed by atoms with Crippen molar-refractivity contribution in [3.05, 3.63) is 48.0 Å². The van der Waals surface area contributed by atoms with Gasteiger partial charge in [0, 0.05) is 0 Å². The molecule has 0 aromatic heterocycles. The molecule has 1 N–H and O–H groups in total. The molecule has 0 spiro atoms. The summed E-state index contributed by atoms with van der Waals surface area (Å²) in [6, 6.07) is 12.9. The third-order valence-corrected chi connectivity index (χ3v) is 3.44. The Bertz CT molecular complexity index is 685. The minimum Gasteiger partial charge on any atom is -0.493 e. The number of para-hydroxylation sites is 2. The van der Waals surface area contributed by atoms with Crippen molar-refractivity contribution in [2.24, 2.45) is 0 Å². The summed E-state index contributed by atoms with van der Waals surface area (Å²) in [6.07, 6.45) is 1.15. The van der Waals surface area contributed by atoms with E-state index >= 15 is 0 Å². The van der Waals surface area contributed by atoms with Crippen LogP contribution in [-0.4, -0.2) is 26.7 Å². The molecule has 0 atom stereocenters. The van der Waals surface area contributed by atoms with Gasteiger partial charge in [0.15, 0.2) is 11.5 Å². The molecule has 5 heteroatoms. The monoisotopic (exact) mass is 329 g/mol. The second-order valence-corrected chi connectivity index (χ2v) is 5.26. The molecular weight excluding hydrogens is 306 g/mol. The van der Waals surface area contributed by atoms with Gasteiger partial charge in [-0.05, 0) is 36.2 Å². The Morgan fingerprint density at radius 3 is 2.46 bits per heavy atom. The van der Waals surface area contributed by atoms with Crippen molar-refractivity contribution in [3.8, 4) is 17.2 Å². The van der Waals surface area contributed by atoms with Gasteiger partial charge in [-0.15, -0.1) is 0 Å². The summed E-state index contributed by atoms with van der Waals surface area (Å²) in [5.41, 5.74) is 1.52. The predicted octanol–water partition coefficient (Wildman–Crippen LogP) is 3.67. The number of nitrogens with one attached hydrogen (secondary N) is 1. The summed E-state index contributed by atoms with van der Waals surface area (Å²) in [5, 5.41) is 2.90. The quantitative estimate of drug-likeness (QED) is 0.803. The van der Waals surface area contributed by atoms with E-state index in [-0.39, 0.29) is 12.3 Å². The van der Waals surface area contributed by atoms with E-state index in [4.69, 9.17) is 14.2 Å². The minimum absolute atomic E-state index is 0.116. The highest BCUT2D eigenvalue weighted by atomic mass is 16.5. The molecule has 1 amide bonds. The molecule has 2 rings (SSSR count). The van der Waals surface area contributed by atoms with E-state index in [1.165, 1.54) is 0 Å². The molecule has 0 saturated carbocycles. The number of ether oxygens (including phenoxy) is 3. The lowest BCUT2D eigenvalue weighted by molar-refractivity contribution is -0.115. The van der Waals surface area contributed by atoms with Crippen LogP contribution in [0, 0.1) is 0 Å². The number of rotatable bonds is 8. The standard InChI is InChI=1S/C19H23NO4/c1-4-11-24-16-8-6-5-7-15(16)20-19(21)13-14-9-10-17(22-2)18(12-14)23-3/h5-10,12H,4,11,13H2,1-3H3,(H,20,21). The van der Waals surface area contributed by atoms with Gasteiger partial charge in [0.2, 0.25) is 5.91 Å². The van der Waals surface area contributed by atoms with Crippen molar-refractivity contribution in [3.63, 3.8) is 0 Å². The first-order chi connectivity index (χ1) is 11.7. The fraction of sp³-hybridized carbons (Fsp3) is 0.316. The summed E-state index contributed by atoms with van der Waals surface area (Å²) < 4.78 is 16.1. The van der Waals surface area contributed by atoms with Crippen LogP contribution in [0.4, 0.5) is 5.69 Å². The van der Waals surface area contributed by atoms with Gasteiger partial charge < -0.3 is 19.5 Å². The number of amides is 1. The number of hydrogen-bond acceptors (Lipinski definition) is 4. The highest BCUT2D eigenvalue weighted by molar-refractivity contribution is 5.93. The van der Waals surface area contributed by atoms with Gasteiger partial charge in [0.25, 0.3) is 0 Å². The highest BCUT2D eigenvalue weighted by Gasteiger charge is 2.11. The average Bonchev–Trinajstić information content (AvgIpc) is 2.60. The van der Waals surface area contributed by atoms with Crippen molar-refractivity contribution in [2.75, 3.05) is 26.1 Å². The van der Waals surface area contributed by atoms with Gasteiger partial charge in [0.1, 0.15) is 5.75 Å². The number of benzene rings is 2. The van der Waals surface area contributed by atoms with Crippen LogP contribution in [-0.2, 0) is 11.2 Å². The van der Waals surface area contributed by atoms with Crippen molar-refractivity contribution in [1.82, 2.24) is 0 Å². The molecule has 0 aliphatic heterocycles. The molecule has 0 radical (unpaired) electrons. The molecule has 0 aliphatic rings. The number of carbonyl (C=O) groups excluding carboxylic acids is 1. The van der Waals surface area contributed by atoms with Gasteiger partial charge >= 0.3 is 0 Å². The van der Waals surface area contributed by atoms with E-state index in [0.717, 1.165) is 12.0 Å². The Hall–Kier alpha value is -2.69. The first kappa shape index (κ1) is 17.7. The van der Waals surface area contributed by atoms with E-state index in [2.05, 4.69) is 5.32 Å². The second kappa shape index (κ2) is 8.82. The van der Waals surface area contributed by atoms with Gasteiger partial charge in [-0.25, -0.2) is 0 Å². The van der Waals surface area contributed by atoms with Crippen LogP contribution in [0.2, 0.25) is 0 Å². The normalized spacial score (nSPS) is 10.1. The number of anilines is 1. The zero-order chi connectivity index (χ0) is 17.4. The Kier molecular flexibility index (Phi) is 6.49. The van der Waals surface area contributed by atoms with E-state index in [9.17, 15) is 4.79 Å². The van der Waals surface area contributed by atoms with Crippen molar-refractivity contribution in [2.45, 2.75) is 19.8 Å². The van der Waals surface area contributed by atoms with Gasteiger partial charge in [0.05, 0.1) is 32.9 Å². The molecule has 0 unspecified atom stereocenters. The van der Waals surface area contributed by atoms with E-state index in [1.54, 1.807) is 26.4 Å². The van der Waals surface area contributed by atoms with E-state index < -0.39 is 0 Å². The summed E-state index contributed by atoms with van der Waals surface area (Å²) in [6.45, 7) is 2.65. The molecule has 0 bridgehead atoms. The molecule has 0 heterocycles. The maximum Gasteiger partial charge on any atom is 0.228 e. The minimum atomic E-state index is -0.116. The van der Waals surface area contributed by atoms with Gasteiger partial charge in [-0.3, -0.25) is 4.79 Å². The number of hydrogen-bond donors (Lipinski definition) is 1. The predicted molar refractivity (Wildman–Crippen MR) is 94.1 cm³/mol. The third-order valence-electron chi connectivity index (χ3n) is 3.44. The lowest BCUT2D eigenvalue weighted by Gasteiger charge is -2.12. The molecule has 2 aromatic carbocycles. The first-order valence-corrected chi connectivity index (χ1v) is 7.90. The zero-order valence-electron chi connectivity index (χ0n) is 14.3. The fourth-order valence-electron chi connectivity index (χ4n) is 2.28. The molecule has 24 heavy (non-hydrogen) atoms. The fourth-order valence-corrected chi connectivity index (χ4v) is 2.28. The molecule has 0 fully saturated rings. The van der Waals surface area contributed by atoms with Crippen LogP contribution >= 0.6 is 0 Å². The largest absolute Gasteiger partial charge is 0.493 e. The van der Waals surface area contributed by atoms with Crippen molar-refractivity contribution >= 4 is 11.6 Å².